The minimum Gasteiger partial charge on any atom is -0.497 e. The van der Waals surface area contributed by atoms with E-state index < -0.39 is 0 Å². The van der Waals surface area contributed by atoms with Crippen LogP contribution >= 0.6 is 0 Å². The molecule has 1 aromatic heterocycles. The fraction of sp³-hybridized carbons (Fsp3) is 0.474. The number of amides is 2. The predicted octanol–water partition coefficient (Wildman–Crippen LogP) is 1.76. The molecule has 8 heteroatoms. The van der Waals surface area contributed by atoms with Gasteiger partial charge in [0.25, 0.3) is 5.91 Å². The molecular formula is C19H25N5O3. The lowest BCUT2D eigenvalue weighted by Gasteiger charge is -2.32. The molecule has 2 amide bonds. The maximum atomic E-state index is 12.4. The van der Waals surface area contributed by atoms with E-state index in [9.17, 15) is 9.59 Å². The van der Waals surface area contributed by atoms with Gasteiger partial charge >= 0.3 is 0 Å². The Kier molecular flexibility index (Phi) is 6.40. The zero-order valence-corrected chi connectivity index (χ0v) is 15.5. The first-order valence-electron chi connectivity index (χ1n) is 9.20. The second-order valence-electron chi connectivity index (χ2n) is 6.76. The summed E-state index contributed by atoms with van der Waals surface area (Å²) in [6.45, 7) is 1.86. The SMILES string of the molecule is COc1cccc(CNC(=O)CC[C@@H]2CCCN(C(=O)c3ncn[nH]3)C2)c1. The van der Waals surface area contributed by atoms with E-state index in [1.54, 1.807) is 12.0 Å². The van der Waals surface area contributed by atoms with Crippen LogP contribution in [0.25, 0.3) is 0 Å². The number of hydrogen-bond donors (Lipinski definition) is 2. The van der Waals surface area contributed by atoms with Gasteiger partial charge in [-0.15, -0.1) is 0 Å². The number of aromatic amines is 1. The number of rotatable bonds is 7. The van der Waals surface area contributed by atoms with Gasteiger partial charge in [-0.3, -0.25) is 14.7 Å². The van der Waals surface area contributed by atoms with E-state index >= 15 is 0 Å². The number of carbonyl (C=O) groups excluding carboxylic acids is 2. The molecule has 8 nitrogen and oxygen atoms in total. The normalized spacial score (nSPS) is 16.8. The molecule has 1 fully saturated rings. The van der Waals surface area contributed by atoms with Crippen molar-refractivity contribution in [1.29, 1.82) is 0 Å². The molecule has 2 heterocycles. The Morgan fingerprint density at radius 2 is 2.30 bits per heavy atom. The van der Waals surface area contributed by atoms with Crippen LogP contribution in [0.2, 0.25) is 0 Å². The minimum absolute atomic E-state index is 0.0245. The van der Waals surface area contributed by atoms with Gasteiger partial charge in [0, 0.05) is 26.1 Å². The van der Waals surface area contributed by atoms with Gasteiger partial charge in [0.15, 0.2) is 0 Å². The van der Waals surface area contributed by atoms with Crippen molar-refractivity contribution in [2.75, 3.05) is 20.2 Å². The monoisotopic (exact) mass is 371 g/mol. The molecule has 0 radical (unpaired) electrons. The minimum atomic E-state index is -0.125. The number of aromatic nitrogens is 3. The lowest BCUT2D eigenvalue weighted by atomic mass is 9.93. The number of nitrogens with one attached hydrogen (secondary N) is 2. The summed E-state index contributed by atoms with van der Waals surface area (Å²) < 4.78 is 5.19. The summed E-state index contributed by atoms with van der Waals surface area (Å²) >= 11 is 0. The molecule has 1 saturated heterocycles. The summed E-state index contributed by atoms with van der Waals surface area (Å²) in [5, 5.41) is 9.29. The third-order valence-corrected chi connectivity index (χ3v) is 4.83. The Hall–Kier alpha value is -2.90. The number of benzene rings is 1. The second-order valence-corrected chi connectivity index (χ2v) is 6.76. The van der Waals surface area contributed by atoms with E-state index in [4.69, 9.17) is 4.74 Å². The fourth-order valence-electron chi connectivity index (χ4n) is 3.35. The topological polar surface area (TPSA) is 100 Å². The van der Waals surface area contributed by atoms with Gasteiger partial charge in [0.2, 0.25) is 11.7 Å². The van der Waals surface area contributed by atoms with E-state index in [2.05, 4.69) is 20.5 Å². The van der Waals surface area contributed by atoms with Gasteiger partial charge in [-0.25, -0.2) is 4.98 Å². The van der Waals surface area contributed by atoms with Crippen LogP contribution in [0.1, 0.15) is 41.9 Å². The van der Waals surface area contributed by atoms with Crippen LogP contribution in [0.15, 0.2) is 30.6 Å². The molecule has 144 valence electrons. The Labute approximate surface area is 158 Å². The smallest absolute Gasteiger partial charge is 0.291 e. The Balaban J connectivity index is 1.42. The largest absolute Gasteiger partial charge is 0.497 e. The highest BCUT2D eigenvalue weighted by atomic mass is 16.5. The summed E-state index contributed by atoms with van der Waals surface area (Å²) in [6.07, 6.45) is 4.53. The standard InChI is InChI=1S/C19H25N5O3/c1-27-16-6-2-4-15(10-16)11-20-17(25)8-7-14-5-3-9-24(12-14)19(26)18-21-13-22-23-18/h2,4,6,10,13-14H,3,5,7-9,11-12H2,1H3,(H,20,25)(H,21,22,23)/t14-/m0/s1. The summed E-state index contributed by atoms with van der Waals surface area (Å²) in [5.74, 6) is 1.27. The average molecular weight is 371 g/mol. The van der Waals surface area contributed by atoms with E-state index in [1.165, 1.54) is 6.33 Å². The summed E-state index contributed by atoms with van der Waals surface area (Å²) in [6, 6.07) is 7.65. The molecule has 1 atom stereocenters. The van der Waals surface area contributed by atoms with Crippen molar-refractivity contribution >= 4 is 11.8 Å². The number of methoxy groups -OCH3 is 1. The second kappa shape index (κ2) is 9.16. The number of hydrogen-bond acceptors (Lipinski definition) is 5. The number of likely N-dealkylation sites (tertiary alicyclic amines) is 1. The number of nitrogens with zero attached hydrogens (tertiary/aromatic N) is 3. The number of H-pyrrole nitrogens is 1. The highest BCUT2D eigenvalue weighted by Gasteiger charge is 2.26. The van der Waals surface area contributed by atoms with E-state index in [-0.39, 0.29) is 17.6 Å². The van der Waals surface area contributed by atoms with Crippen LogP contribution in [0.4, 0.5) is 0 Å². The van der Waals surface area contributed by atoms with Gasteiger partial charge in [-0.05, 0) is 42.9 Å². The quantitative estimate of drug-likeness (QED) is 0.772. The summed E-state index contributed by atoms with van der Waals surface area (Å²) in [7, 11) is 1.62. The lowest BCUT2D eigenvalue weighted by Crippen LogP contribution is -2.40. The van der Waals surface area contributed by atoms with Crippen molar-refractivity contribution in [3.05, 3.63) is 42.0 Å². The molecule has 0 aliphatic carbocycles. The van der Waals surface area contributed by atoms with Crippen LogP contribution in [0.5, 0.6) is 5.75 Å². The molecule has 2 aromatic rings. The van der Waals surface area contributed by atoms with Crippen molar-refractivity contribution in [3.8, 4) is 5.75 Å². The molecule has 1 aliphatic rings. The van der Waals surface area contributed by atoms with Crippen LogP contribution < -0.4 is 10.1 Å². The van der Waals surface area contributed by atoms with E-state index in [0.29, 0.717) is 25.4 Å². The van der Waals surface area contributed by atoms with Crippen LogP contribution in [0, 0.1) is 5.92 Å². The molecule has 27 heavy (non-hydrogen) atoms. The molecule has 0 unspecified atom stereocenters. The highest BCUT2D eigenvalue weighted by Crippen LogP contribution is 2.22. The molecular weight excluding hydrogens is 346 g/mol. The van der Waals surface area contributed by atoms with Crippen LogP contribution in [-0.4, -0.2) is 52.1 Å². The molecule has 0 spiro atoms. The van der Waals surface area contributed by atoms with Crippen molar-refractivity contribution in [3.63, 3.8) is 0 Å². The molecule has 1 aromatic carbocycles. The Morgan fingerprint density at radius 3 is 3.07 bits per heavy atom. The van der Waals surface area contributed by atoms with Gasteiger partial charge in [0.05, 0.1) is 7.11 Å². The van der Waals surface area contributed by atoms with Gasteiger partial charge < -0.3 is 15.0 Å². The van der Waals surface area contributed by atoms with Crippen molar-refractivity contribution in [1.82, 2.24) is 25.4 Å². The van der Waals surface area contributed by atoms with E-state index in [0.717, 1.165) is 37.1 Å². The fourth-order valence-corrected chi connectivity index (χ4v) is 3.35. The van der Waals surface area contributed by atoms with Crippen molar-refractivity contribution < 1.29 is 14.3 Å². The number of piperidine rings is 1. The number of carbonyl (C=O) groups is 2. The zero-order valence-electron chi connectivity index (χ0n) is 15.5. The molecule has 3 rings (SSSR count). The first-order valence-corrected chi connectivity index (χ1v) is 9.20. The predicted molar refractivity (Wildman–Crippen MR) is 99.1 cm³/mol. The van der Waals surface area contributed by atoms with Crippen molar-refractivity contribution in [2.24, 2.45) is 5.92 Å². The molecule has 0 bridgehead atoms. The molecule has 0 saturated carbocycles. The third kappa shape index (κ3) is 5.29. The maximum absolute atomic E-state index is 12.4. The molecule has 1 aliphatic heterocycles. The Bertz CT molecular complexity index is 762. The maximum Gasteiger partial charge on any atom is 0.291 e. The average Bonchev–Trinajstić information content (AvgIpc) is 3.25. The third-order valence-electron chi connectivity index (χ3n) is 4.83. The highest BCUT2D eigenvalue weighted by molar-refractivity contribution is 5.90. The molecule has 2 N–H and O–H groups in total. The number of ether oxygens (including phenoxy) is 1. The zero-order chi connectivity index (χ0) is 19.1. The first-order chi connectivity index (χ1) is 13.2. The van der Waals surface area contributed by atoms with Gasteiger partial charge in [-0.2, -0.15) is 5.10 Å². The van der Waals surface area contributed by atoms with E-state index in [1.807, 2.05) is 24.3 Å². The van der Waals surface area contributed by atoms with Gasteiger partial charge in [0.1, 0.15) is 12.1 Å². The first kappa shape index (κ1) is 18.9. The summed E-state index contributed by atoms with van der Waals surface area (Å²) in [5.41, 5.74) is 1.00. The lowest BCUT2D eigenvalue weighted by molar-refractivity contribution is -0.121. The summed E-state index contributed by atoms with van der Waals surface area (Å²) in [4.78, 5) is 30.2. The van der Waals surface area contributed by atoms with Gasteiger partial charge in [-0.1, -0.05) is 12.1 Å². The Morgan fingerprint density at radius 1 is 1.41 bits per heavy atom. The van der Waals surface area contributed by atoms with Crippen LogP contribution in [0.3, 0.4) is 0 Å². The van der Waals surface area contributed by atoms with Crippen molar-refractivity contribution in [2.45, 2.75) is 32.2 Å². The van der Waals surface area contributed by atoms with Crippen LogP contribution in [-0.2, 0) is 11.3 Å².